The number of likely N-dealkylation sites (N-methyl/N-ethyl adjacent to an activating group) is 2. The van der Waals surface area contributed by atoms with Gasteiger partial charge in [-0.05, 0) is 12.8 Å². The third-order valence-corrected chi connectivity index (χ3v) is 5.05. The Balaban J connectivity index is -0.000000380. The van der Waals surface area contributed by atoms with Crippen LogP contribution in [-0.4, -0.2) is 100 Å². The Kier molecular flexibility index (Phi) is 20.1. The molecule has 0 radical (unpaired) electrons. The number of carbonyl (C=O) groups excluding carboxylic acids is 2. The summed E-state index contributed by atoms with van der Waals surface area (Å²) in [6.45, 7) is 5.45. The van der Waals surface area contributed by atoms with Crippen LogP contribution in [0.5, 0.6) is 0 Å². The van der Waals surface area contributed by atoms with Gasteiger partial charge in [-0.2, -0.15) is 0 Å². The molecule has 0 amide bonds. The first-order valence-electron chi connectivity index (χ1n) is 9.02. The lowest BCUT2D eigenvalue weighted by molar-refractivity contribution is -0.750. The van der Waals surface area contributed by atoms with E-state index in [9.17, 15) is 9.59 Å². The minimum absolute atomic E-state index is 0.124. The molecule has 0 bridgehead atoms. The van der Waals surface area contributed by atoms with Crippen LogP contribution >= 0.6 is 23.9 Å². The van der Waals surface area contributed by atoms with E-state index in [0.29, 0.717) is 33.7 Å². The second kappa shape index (κ2) is 17.4. The molecule has 0 rings (SSSR count). The quantitative estimate of drug-likeness (QED) is 0.198. The summed E-state index contributed by atoms with van der Waals surface area (Å²) in [6, 6.07) is 0. The van der Waals surface area contributed by atoms with E-state index in [4.69, 9.17) is 27.7 Å². The highest BCUT2D eigenvalue weighted by Crippen LogP contribution is 2.19. The summed E-state index contributed by atoms with van der Waals surface area (Å²) in [5, 5.41) is 17.8. The fourth-order valence-electron chi connectivity index (χ4n) is 1.62. The van der Waals surface area contributed by atoms with Crippen LogP contribution < -0.4 is 0 Å². The van der Waals surface area contributed by atoms with Crippen LogP contribution in [0.1, 0.15) is 39.5 Å². The van der Waals surface area contributed by atoms with Crippen molar-refractivity contribution in [1.82, 2.24) is 0 Å². The smallest absolute Gasteiger partial charge is 0.246 e. The van der Waals surface area contributed by atoms with Gasteiger partial charge in [0.15, 0.2) is 23.9 Å². The molecule has 10 nitrogen and oxygen atoms in total. The number of hydrogen-bond acceptors (Lipinski definition) is 10. The third-order valence-electron chi connectivity index (χ3n) is 2.88. The number of aliphatic hydroxyl groups is 2. The summed E-state index contributed by atoms with van der Waals surface area (Å²) in [5.41, 5.74) is 0. The Morgan fingerprint density at radius 1 is 0.793 bits per heavy atom. The maximum absolute atomic E-state index is 11.2. The van der Waals surface area contributed by atoms with E-state index in [1.165, 1.54) is 23.9 Å². The van der Waals surface area contributed by atoms with Crippen LogP contribution in [0.2, 0.25) is 0 Å². The van der Waals surface area contributed by atoms with E-state index >= 15 is 0 Å². The van der Waals surface area contributed by atoms with Crippen molar-refractivity contribution < 1.29 is 45.1 Å². The molecule has 0 aromatic carbocycles. The lowest BCUT2D eigenvalue weighted by Crippen LogP contribution is -2.35. The minimum Gasteiger partial charge on any atom is -0.759 e. The van der Waals surface area contributed by atoms with E-state index in [-0.39, 0.29) is 23.4 Å². The largest absolute Gasteiger partial charge is 0.759 e. The van der Waals surface area contributed by atoms with Crippen molar-refractivity contribution >= 4 is 44.5 Å². The molecule has 0 saturated carbocycles. The van der Waals surface area contributed by atoms with Gasteiger partial charge in [0.25, 0.3) is 0 Å². The molecule has 0 aromatic heterocycles. The van der Waals surface area contributed by atoms with Crippen LogP contribution in [0.4, 0.5) is 0 Å². The molecule has 0 heterocycles. The van der Waals surface area contributed by atoms with Gasteiger partial charge in [0.2, 0.25) is 10.2 Å². The normalized spacial score (nSPS) is 11.7. The molecule has 0 aliphatic rings. The second-order valence-corrected chi connectivity index (χ2v) is 10.9. The van der Waals surface area contributed by atoms with Crippen molar-refractivity contribution in [3.05, 3.63) is 0 Å². The van der Waals surface area contributed by atoms with E-state index in [1.807, 2.05) is 42.0 Å². The summed E-state index contributed by atoms with van der Waals surface area (Å²) in [7, 11) is 2.53. The molecule has 0 unspecified atom stereocenters. The van der Waals surface area contributed by atoms with Gasteiger partial charge in [0, 0.05) is 23.2 Å². The molecule has 0 fully saturated rings. The summed E-state index contributed by atoms with van der Waals surface area (Å²) < 4.78 is 35.1. The summed E-state index contributed by atoms with van der Waals surface area (Å²) in [5.74, 6) is 0. The minimum atomic E-state index is -5.17. The third kappa shape index (κ3) is 32.6. The number of hydrogen-bond donors (Lipinski definition) is 2. The molecule has 0 aromatic rings. The van der Waals surface area contributed by atoms with Gasteiger partial charge in [-0.1, -0.05) is 13.8 Å². The number of aliphatic hydroxyl groups excluding tert-OH is 2. The van der Waals surface area contributed by atoms with Crippen molar-refractivity contribution in [3.8, 4) is 0 Å². The monoisotopic (exact) mass is 480 g/mol. The van der Waals surface area contributed by atoms with Gasteiger partial charge in [-0.3, -0.25) is 25.8 Å². The highest BCUT2D eigenvalue weighted by molar-refractivity contribution is 8.09. The van der Waals surface area contributed by atoms with E-state index < -0.39 is 10.4 Å². The maximum Gasteiger partial charge on any atom is 0.246 e. The highest BCUT2D eigenvalue weighted by atomic mass is 32.3. The lowest BCUT2D eigenvalue weighted by atomic mass is 10.4. The van der Waals surface area contributed by atoms with Gasteiger partial charge in [-0.15, -0.1) is 0 Å². The Hall–Kier alpha value is -0.250. The zero-order valence-corrected chi connectivity index (χ0v) is 20.6. The second-order valence-electron chi connectivity index (χ2n) is 6.88. The summed E-state index contributed by atoms with van der Waals surface area (Å²) in [4.78, 5) is 22.4. The molecular formula is C16H36N2O8S3. The van der Waals surface area contributed by atoms with Crippen molar-refractivity contribution in [2.75, 3.05) is 54.5 Å². The van der Waals surface area contributed by atoms with Gasteiger partial charge in [0.05, 0.1) is 41.4 Å². The average molecular weight is 481 g/mol. The molecule has 0 atom stereocenters. The van der Waals surface area contributed by atoms with Gasteiger partial charge in [-0.25, -0.2) is 0 Å². The van der Waals surface area contributed by atoms with Crippen molar-refractivity contribution in [2.45, 2.75) is 39.5 Å². The SMILES string of the molecule is CCCC(=O)S[N+](C)(C)CCO.CCCC(=O)S[N+](C)(C)CCO.O=S(=O)([O-])[O-]. The lowest BCUT2D eigenvalue weighted by Gasteiger charge is -2.24. The van der Waals surface area contributed by atoms with Crippen LogP contribution in [0.3, 0.4) is 0 Å². The number of nitrogens with zero attached hydrogens (tertiary/aromatic N) is 2. The van der Waals surface area contributed by atoms with E-state index in [2.05, 4.69) is 0 Å². The summed E-state index contributed by atoms with van der Waals surface area (Å²) in [6.07, 6.45) is 3.03. The van der Waals surface area contributed by atoms with E-state index in [0.717, 1.165) is 12.8 Å². The molecular weight excluding hydrogens is 444 g/mol. The fourth-order valence-corrected chi connectivity index (χ4v) is 3.66. The molecule has 29 heavy (non-hydrogen) atoms. The standard InChI is InChI=1S/2C8H18NO2S.H2O4S/c2*1-4-5-8(11)12-9(2,3)6-7-10;1-5(2,3)4/h2*10H,4-7H2,1-3H3;(H2,1,2,3,4)/q2*+1;/p-2. The predicted molar refractivity (Wildman–Crippen MR) is 114 cm³/mol. The zero-order chi connectivity index (χ0) is 23.7. The Labute approximate surface area is 183 Å². The average Bonchev–Trinajstić information content (AvgIpc) is 2.44. The van der Waals surface area contributed by atoms with Gasteiger partial charge in [0.1, 0.15) is 13.1 Å². The Bertz CT molecular complexity index is 512. The molecule has 176 valence electrons. The van der Waals surface area contributed by atoms with E-state index in [1.54, 1.807) is 0 Å². The molecule has 13 heteroatoms. The van der Waals surface area contributed by atoms with Crippen LogP contribution in [0.15, 0.2) is 0 Å². The Morgan fingerprint density at radius 2 is 1.03 bits per heavy atom. The zero-order valence-electron chi connectivity index (χ0n) is 18.1. The van der Waals surface area contributed by atoms with Crippen molar-refractivity contribution in [2.24, 2.45) is 0 Å². The van der Waals surface area contributed by atoms with Crippen LogP contribution in [0, 0.1) is 0 Å². The van der Waals surface area contributed by atoms with Crippen molar-refractivity contribution in [3.63, 3.8) is 0 Å². The van der Waals surface area contributed by atoms with Crippen LogP contribution in [0.25, 0.3) is 0 Å². The molecule has 2 N–H and O–H groups in total. The fraction of sp³-hybridized carbons (Fsp3) is 0.875. The van der Waals surface area contributed by atoms with Gasteiger partial charge >= 0.3 is 0 Å². The molecule has 0 aliphatic heterocycles. The predicted octanol–water partition coefficient (Wildman–Crippen LogP) is 0.722. The molecule has 0 saturated heterocycles. The van der Waals surface area contributed by atoms with Crippen LogP contribution in [-0.2, 0) is 20.0 Å². The van der Waals surface area contributed by atoms with Crippen molar-refractivity contribution in [1.29, 1.82) is 0 Å². The van der Waals surface area contributed by atoms with Gasteiger partial charge < -0.3 is 19.3 Å². The highest BCUT2D eigenvalue weighted by Gasteiger charge is 2.22. The number of carbonyl (C=O) groups is 2. The first-order chi connectivity index (χ1) is 13.0. The molecule has 0 aliphatic carbocycles. The first-order valence-corrected chi connectivity index (χ1v) is 11.9. The Morgan fingerprint density at radius 3 is 1.21 bits per heavy atom. The topological polar surface area (TPSA) is 155 Å². The number of quaternary nitrogens is 2. The number of rotatable bonds is 10. The molecule has 0 spiro atoms. The maximum atomic E-state index is 11.2. The summed E-state index contributed by atoms with van der Waals surface area (Å²) >= 11 is 2.58. The first kappa shape index (κ1) is 33.4.